The molecule has 0 unspecified atom stereocenters. The van der Waals surface area contributed by atoms with Crippen LogP contribution < -0.4 is 10.1 Å². The smallest absolute Gasteiger partial charge is 0.257 e. The van der Waals surface area contributed by atoms with Crippen molar-refractivity contribution in [2.24, 2.45) is 0 Å². The van der Waals surface area contributed by atoms with E-state index < -0.39 is 0 Å². The zero-order valence-electron chi connectivity index (χ0n) is 10.2. The minimum absolute atomic E-state index is 0.145. The maximum Gasteiger partial charge on any atom is 0.257 e. The van der Waals surface area contributed by atoms with Crippen LogP contribution in [0.3, 0.4) is 0 Å². The van der Waals surface area contributed by atoms with Crippen molar-refractivity contribution >= 4 is 23.8 Å². The van der Waals surface area contributed by atoms with Crippen molar-refractivity contribution < 1.29 is 14.3 Å². The molecular weight excluding hydrogens is 254 g/mol. The molecular formula is C13H16ClNO3. The molecule has 0 aliphatic heterocycles. The van der Waals surface area contributed by atoms with Gasteiger partial charge in [-0.3, -0.25) is 9.59 Å². The standard InChI is InChI=1S/C13H16ClNO3/c1-2-3-7-15-12(17)9-18-13-10(8-16)5-4-6-11(13)14/h4-6,8H,2-3,7,9H2,1H3,(H,15,17). The molecule has 0 bridgehead atoms. The van der Waals surface area contributed by atoms with Crippen molar-refractivity contribution in [2.45, 2.75) is 19.8 Å². The summed E-state index contributed by atoms with van der Waals surface area (Å²) in [7, 11) is 0. The van der Waals surface area contributed by atoms with Gasteiger partial charge in [-0.05, 0) is 18.6 Å². The number of carbonyl (C=O) groups excluding carboxylic acids is 2. The van der Waals surface area contributed by atoms with Crippen molar-refractivity contribution in [2.75, 3.05) is 13.2 Å². The summed E-state index contributed by atoms with van der Waals surface area (Å²) in [6.45, 7) is 2.53. The number of carbonyl (C=O) groups is 2. The number of amides is 1. The molecule has 0 atom stereocenters. The number of hydrogen-bond donors (Lipinski definition) is 1. The molecule has 0 radical (unpaired) electrons. The highest BCUT2D eigenvalue weighted by atomic mass is 35.5. The van der Waals surface area contributed by atoms with Crippen LogP contribution in [0, 0.1) is 0 Å². The van der Waals surface area contributed by atoms with Gasteiger partial charge in [0.2, 0.25) is 0 Å². The fourth-order valence-electron chi connectivity index (χ4n) is 1.36. The molecule has 0 fully saturated rings. The molecule has 1 aromatic rings. The fourth-order valence-corrected chi connectivity index (χ4v) is 1.60. The molecule has 0 spiro atoms. The van der Waals surface area contributed by atoms with Gasteiger partial charge >= 0.3 is 0 Å². The van der Waals surface area contributed by atoms with Gasteiger partial charge in [-0.25, -0.2) is 0 Å². The Balaban J connectivity index is 2.53. The predicted octanol–water partition coefficient (Wildman–Crippen LogP) is 2.45. The molecule has 5 heteroatoms. The molecule has 1 N–H and O–H groups in total. The van der Waals surface area contributed by atoms with Crippen LogP contribution in [0.25, 0.3) is 0 Å². The number of halogens is 1. The minimum Gasteiger partial charge on any atom is -0.481 e. The largest absolute Gasteiger partial charge is 0.481 e. The first-order chi connectivity index (χ1) is 8.69. The van der Waals surface area contributed by atoms with Gasteiger partial charge in [0.15, 0.2) is 12.9 Å². The van der Waals surface area contributed by atoms with E-state index in [0.717, 1.165) is 12.8 Å². The summed E-state index contributed by atoms with van der Waals surface area (Å²) in [5, 5.41) is 3.04. The van der Waals surface area contributed by atoms with Gasteiger partial charge < -0.3 is 10.1 Å². The number of nitrogens with one attached hydrogen (secondary N) is 1. The molecule has 0 saturated heterocycles. The number of unbranched alkanes of at least 4 members (excludes halogenated alkanes) is 1. The van der Waals surface area contributed by atoms with Gasteiger partial charge in [0, 0.05) is 6.54 Å². The van der Waals surface area contributed by atoms with Crippen LogP contribution >= 0.6 is 11.6 Å². The van der Waals surface area contributed by atoms with E-state index in [1.165, 1.54) is 0 Å². The van der Waals surface area contributed by atoms with Crippen molar-refractivity contribution in [3.63, 3.8) is 0 Å². The van der Waals surface area contributed by atoms with Gasteiger partial charge in [0.05, 0.1) is 10.6 Å². The zero-order chi connectivity index (χ0) is 13.4. The second-order valence-electron chi connectivity index (χ2n) is 3.77. The average Bonchev–Trinajstić information content (AvgIpc) is 2.37. The van der Waals surface area contributed by atoms with Gasteiger partial charge in [0.1, 0.15) is 5.75 Å². The third-order valence-corrected chi connectivity index (χ3v) is 2.62. The molecule has 0 aliphatic rings. The van der Waals surface area contributed by atoms with Gasteiger partial charge in [0.25, 0.3) is 5.91 Å². The first-order valence-corrected chi connectivity index (χ1v) is 6.20. The van der Waals surface area contributed by atoms with Crippen LogP contribution in [0.4, 0.5) is 0 Å². The van der Waals surface area contributed by atoms with Crippen LogP contribution in [0.1, 0.15) is 30.1 Å². The summed E-state index contributed by atoms with van der Waals surface area (Å²) in [5.41, 5.74) is 0.337. The third-order valence-electron chi connectivity index (χ3n) is 2.32. The van der Waals surface area contributed by atoms with Crippen LogP contribution in [-0.4, -0.2) is 25.3 Å². The van der Waals surface area contributed by atoms with Gasteiger partial charge in [-0.15, -0.1) is 0 Å². The lowest BCUT2D eigenvalue weighted by Crippen LogP contribution is -2.29. The lowest BCUT2D eigenvalue weighted by Gasteiger charge is -2.10. The van der Waals surface area contributed by atoms with E-state index in [4.69, 9.17) is 16.3 Å². The number of ether oxygens (including phenoxy) is 1. The number of rotatable bonds is 7. The highest BCUT2D eigenvalue weighted by Gasteiger charge is 2.09. The summed E-state index contributed by atoms with van der Waals surface area (Å²) in [6.07, 6.45) is 2.59. The van der Waals surface area contributed by atoms with Crippen LogP contribution in [-0.2, 0) is 4.79 Å². The summed E-state index contributed by atoms with van der Waals surface area (Å²) >= 11 is 5.90. The van der Waals surface area contributed by atoms with E-state index in [-0.39, 0.29) is 18.3 Å². The second-order valence-corrected chi connectivity index (χ2v) is 4.18. The third kappa shape index (κ3) is 4.37. The highest BCUT2D eigenvalue weighted by Crippen LogP contribution is 2.27. The van der Waals surface area contributed by atoms with Crippen LogP contribution in [0.15, 0.2) is 18.2 Å². The van der Waals surface area contributed by atoms with Gasteiger partial charge in [-0.1, -0.05) is 31.0 Å². The SMILES string of the molecule is CCCCNC(=O)COc1c(Cl)cccc1C=O. The molecule has 98 valence electrons. The minimum atomic E-state index is -0.222. The summed E-state index contributed by atoms with van der Waals surface area (Å²) < 4.78 is 5.28. The molecule has 1 amide bonds. The summed E-state index contributed by atoms with van der Waals surface area (Å²) in [5.74, 6) is 0.0278. The van der Waals surface area contributed by atoms with Gasteiger partial charge in [-0.2, -0.15) is 0 Å². The van der Waals surface area contributed by atoms with E-state index >= 15 is 0 Å². The van der Waals surface area contributed by atoms with Crippen LogP contribution in [0.5, 0.6) is 5.75 Å². The number of hydrogen-bond acceptors (Lipinski definition) is 3. The Kier molecular flexibility index (Phi) is 6.22. The highest BCUT2D eigenvalue weighted by molar-refractivity contribution is 6.32. The molecule has 0 aliphatic carbocycles. The summed E-state index contributed by atoms with van der Waals surface area (Å²) in [4.78, 5) is 22.2. The van der Waals surface area contributed by atoms with Crippen molar-refractivity contribution in [1.29, 1.82) is 0 Å². The second kappa shape index (κ2) is 7.71. The number of para-hydroxylation sites is 1. The molecule has 0 heterocycles. The molecule has 4 nitrogen and oxygen atoms in total. The van der Waals surface area contributed by atoms with E-state index in [1.807, 2.05) is 6.92 Å². The Morgan fingerprint density at radius 2 is 2.28 bits per heavy atom. The Hall–Kier alpha value is -1.55. The first-order valence-electron chi connectivity index (χ1n) is 5.82. The van der Waals surface area contributed by atoms with Crippen LogP contribution in [0.2, 0.25) is 5.02 Å². The van der Waals surface area contributed by atoms with E-state index in [2.05, 4.69) is 5.32 Å². The Labute approximate surface area is 111 Å². The normalized spacial score (nSPS) is 9.89. The summed E-state index contributed by atoms with van der Waals surface area (Å²) in [6, 6.07) is 4.85. The maximum atomic E-state index is 11.4. The molecule has 0 saturated carbocycles. The maximum absolute atomic E-state index is 11.4. The lowest BCUT2D eigenvalue weighted by molar-refractivity contribution is -0.123. The Morgan fingerprint density at radius 3 is 2.94 bits per heavy atom. The first kappa shape index (κ1) is 14.5. The van der Waals surface area contributed by atoms with E-state index in [1.54, 1.807) is 18.2 Å². The predicted molar refractivity (Wildman–Crippen MR) is 70.3 cm³/mol. The molecule has 0 aromatic heterocycles. The van der Waals surface area contributed by atoms with E-state index in [0.29, 0.717) is 23.4 Å². The quantitative estimate of drug-likeness (QED) is 0.611. The Bertz CT molecular complexity index is 421. The number of aldehydes is 1. The number of benzene rings is 1. The molecule has 18 heavy (non-hydrogen) atoms. The van der Waals surface area contributed by atoms with Crippen molar-refractivity contribution in [1.82, 2.24) is 5.32 Å². The zero-order valence-corrected chi connectivity index (χ0v) is 11.0. The molecule has 1 aromatic carbocycles. The van der Waals surface area contributed by atoms with Crippen molar-refractivity contribution in [3.8, 4) is 5.75 Å². The Morgan fingerprint density at radius 1 is 1.50 bits per heavy atom. The average molecular weight is 270 g/mol. The topological polar surface area (TPSA) is 55.4 Å². The fraction of sp³-hybridized carbons (Fsp3) is 0.385. The van der Waals surface area contributed by atoms with Crippen molar-refractivity contribution in [3.05, 3.63) is 28.8 Å². The lowest BCUT2D eigenvalue weighted by atomic mass is 10.2. The van der Waals surface area contributed by atoms with E-state index in [9.17, 15) is 9.59 Å². The molecule has 1 rings (SSSR count). The monoisotopic (exact) mass is 269 g/mol.